The van der Waals surface area contributed by atoms with E-state index in [1.807, 2.05) is 24.3 Å². The number of nitrogens with one attached hydrogen (secondary N) is 1. The molecule has 37 heavy (non-hydrogen) atoms. The van der Waals surface area contributed by atoms with Crippen LogP contribution in [0.5, 0.6) is 0 Å². The number of nitrogens with zero attached hydrogens (tertiary/aromatic N) is 3. The lowest BCUT2D eigenvalue weighted by atomic mass is 9.91. The molecule has 0 saturated carbocycles. The van der Waals surface area contributed by atoms with Crippen LogP contribution < -0.4 is 0 Å². The van der Waals surface area contributed by atoms with Crippen molar-refractivity contribution in [2.24, 2.45) is 0 Å². The number of aromatic nitrogens is 2. The summed E-state index contributed by atoms with van der Waals surface area (Å²) in [7, 11) is 0. The van der Waals surface area contributed by atoms with Crippen LogP contribution in [-0.4, -0.2) is 31.4 Å². The molecular weight excluding hydrogens is 460 g/mol. The summed E-state index contributed by atoms with van der Waals surface area (Å²) in [6.45, 7) is 7.17. The number of H-pyrrole nitrogens is 1. The first-order valence-corrected chi connectivity index (χ1v) is 12.2. The zero-order valence-corrected chi connectivity index (χ0v) is 21.3. The van der Waals surface area contributed by atoms with Crippen LogP contribution in [0.4, 0.5) is 0 Å². The van der Waals surface area contributed by atoms with Crippen molar-refractivity contribution in [1.82, 2.24) is 9.97 Å². The van der Waals surface area contributed by atoms with Gasteiger partial charge in [-0.1, -0.05) is 42.5 Å². The highest BCUT2D eigenvalue weighted by Gasteiger charge is 2.21. The predicted molar refractivity (Wildman–Crippen MR) is 146 cm³/mol. The van der Waals surface area contributed by atoms with Gasteiger partial charge in [-0.05, 0) is 61.7 Å². The van der Waals surface area contributed by atoms with Crippen LogP contribution in [0.3, 0.4) is 0 Å². The van der Waals surface area contributed by atoms with Gasteiger partial charge in [0, 0.05) is 23.6 Å². The van der Waals surface area contributed by atoms with Crippen molar-refractivity contribution in [2.75, 3.05) is 0 Å². The number of nitriles is 2. The van der Waals surface area contributed by atoms with Crippen molar-refractivity contribution >= 4 is 32.6 Å². The predicted octanol–water partition coefficient (Wildman–Crippen LogP) is 5.91. The number of imidazole rings is 1. The molecule has 0 aliphatic heterocycles. The summed E-state index contributed by atoms with van der Waals surface area (Å²) in [5, 5.41) is 44.2. The molecule has 5 rings (SSSR count). The Morgan fingerprint density at radius 3 is 1.78 bits per heavy atom. The minimum atomic E-state index is -0.853. The van der Waals surface area contributed by atoms with E-state index in [4.69, 9.17) is 4.98 Å². The second kappa shape index (κ2) is 8.71. The molecule has 184 valence electrons. The maximum atomic E-state index is 10.4. The molecule has 4 aromatic carbocycles. The van der Waals surface area contributed by atoms with Crippen molar-refractivity contribution in [3.05, 3.63) is 76.9 Å². The Kier molecular flexibility index (Phi) is 5.76. The van der Waals surface area contributed by atoms with E-state index in [1.165, 1.54) is 0 Å². The lowest BCUT2D eigenvalue weighted by Gasteiger charge is -2.19. The number of hydrogen-bond acceptors (Lipinski definition) is 5. The molecule has 0 saturated heterocycles. The first kappa shape index (κ1) is 24.5. The summed E-state index contributed by atoms with van der Waals surface area (Å²) >= 11 is 0. The van der Waals surface area contributed by atoms with E-state index in [-0.39, 0.29) is 0 Å². The van der Waals surface area contributed by atoms with Crippen LogP contribution in [0.25, 0.3) is 44.0 Å². The SMILES string of the molecule is CC(C)(O)Cc1ccc2c(c1)c1cc(CC(C)(C)O)ccc1c1[nH]c(-c3c(C#N)cccc3C#N)nc21. The Labute approximate surface area is 215 Å². The second-order valence-corrected chi connectivity index (χ2v) is 11.0. The highest BCUT2D eigenvalue weighted by molar-refractivity contribution is 6.23. The molecule has 0 aliphatic rings. The minimum absolute atomic E-state index is 0.381. The summed E-state index contributed by atoms with van der Waals surface area (Å²) in [4.78, 5) is 8.33. The topological polar surface area (TPSA) is 117 Å². The van der Waals surface area contributed by atoms with Crippen LogP contribution in [-0.2, 0) is 12.8 Å². The molecular formula is C31H28N4O2. The van der Waals surface area contributed by atoms with Gasteiger partial charge in [0.05, 0.1) is 51.1 Å². The smallest absolute Gasteiger partial charge is 0.141 e. The van der Waals surface area contributed by atoms with E-state index < -0.39 is 11.2 Å². The van der Waals surface area contributed by atoms with Crippen molar-refractivity contribution in [1.29, 1.82) is 10.5 Å². The fourth-order valence-electron chi connectivity index (χ4n) is 5.15. The standard InChI is InChI=1S/C31H28N4O2/c1-30(2,36)14-18-8-10-22-24(12-18)25-13-19(15-31(3,4)37)9-11-23(25)28-27(22)34-29(35-28)26-20(16-32)6-5-7-21(26)17-33/h5-13,36-37H,14-15H2,1-4H3,(H,34,35). The lowest BCUT2D eigenvalue weighted by molar-refractivity contribution is 0.0803. The molecule has 0 fully saturated rings. The first-order chi connectivity index (χ1) is 17.5. The van der Waals surface area contributed by atoms with E-state index >= 15 is 0 Å². The van der Waals surface area contributed by atoms with Crippen molar-refractivity contribution in [3.8, 4) is 23.5 Å². The number of benzene rings is 4. The molecule has 6 heteroatoms. The Bertz CT molecular complexity index is 1650. The summed E-state index contributed by atoms with van der Waals surface area (Å²) in [5.74, 6) is 0.471. The van der Waals surface area contributed by atoms with Gasteiger partial charge < -0.3 is 15.2 Å². The van der Waals surface area contributed by atoms with Gasteiger partial charge in [0.1, 0.15) is 5.82 Å². The number of aliphatic hydroxyl groups is 2. The zero-order chi connectivity index (χ0) is 26.5. The Hall–Kier alpha value is -4.23. The van der Waals surface area contributed by atoms with Crippen LogP contribution in [0, 0.1) is 22.7 Å². The quantitative estimate of drug-likeness (QED) is 0.266. The van der Waals surface area contributed by atoms with E-state index in [0.717, 1.165) is 43.7 Å². The van der Waals surface area contributed by atoms with Crippen LogP contribution in [0.15, 0.2) is 54.6 Å². The van der Waals surface area contributed by atoms with E-state index in [0.29, 0.717) is 35.4 Å². The zero-order valence-electron chi connectivity index (χ0n) is 21.3. The largest absolute Gasteiger partial charge is 0.390 e. The highest BCUT2D eigenvalue weighted by Crippen LogP contribution is 2.38. The van der Waals surface area contributed by atoms with Gasteiger partial charge in [-0.25, -0.2) is 4.98 Å². The molecule has 1 heterocycles. The van der Waals surface area contributed by atoms with E-state index in [9.17, 15) is 20.7 Å². The third-order valence-corrected chi connectivity index (χ3v) is 6.50. The Morgan fingerprint density at radius 1 is 0.757 bits per heavy atom. The van der Waals surface area contributed by atoms with Crippen molar-refractivity contribution in [3.63, 3.8) is 0 Å². The first-order valence-electron chi connectivity index (χ1n) is 12.2. The lowest BCUT2D eigenvalue weighted by Crippen LogP contribution is -2.21. The molecule has 1 aromatic heterocycles. The molecule has 3 N–H and O–H groups in total. The maximum absolute atomic E-state index is 10.4. The summed E-state index contributed by atoms with van der Waals surface area (Å²) < 4.78 is 0. The molecule has 0 spiro atoms. The molecule has 0 bridgehead atoms. The molecule has 0 amide bonds. The number of fused-ring (bicyclic) bond motifs is 6. The van der Waals surface area contributed by atoms with Gasteiger partial charge in [0.2, 0.25) is 0 Å². The average Bonchev–Trinajstić information content (AvgIpc) is 3.26. The molecule has 0 aliphatic carbocycles. The highest BCUT2D eigenvalue weighted by atomic mass is 16.3. The number of aromatic amines is 1. The molecule has 0 atom stereocenters. The normalized spacial score (nSPS) is 12.2. The fourth-order valence-corrected chi connectivity index (χ4v) is 5.15. The second-order valence-electron chi connectivity index (χ2n) is 11.0. The third-order valence-electron chi connectivity index (χ3n) is 6.50. The minimum Gasteiger partial charge on any atom is -0.390 e. The fraction of sp³-hybridized carbons (Fsp3) is 0.258. The van der Waals surface area contributed by atoms with E-state index in [2.05, 4.69) is 29.3 Å². The molecule has 6 nitrogen and oxygen atoms in total. The van der Waals surface area contributed by atoms with Gasteiger partial charge in [-0.3, -0.25) is 0 Å². The molecule has 0 radical (unpaired) electrons. The summed E-state index contributed by atoms with van der Waals surface area (Å²) in [6, 6.07) is 21.7. The van der Waals surface area contributed by atoms with Gasteiger partial charge in [0.15, 0.2) is 0 Å². The maximum Gasteiger partial charge on any atom is 0.141 e. The third kappa shape index (κ3) is 4.66. The molecule has 5 aromatic rings. The number of hydrogen-bond donors (Lipinski definition) is 3. The van der Waals surface area contributed by atoms with Crippen molar-refractivity contribution in [2.45, 2.75) is 51.7 Å². The average molecular weight is 489 g/mol. The summed E-state index contributed by atoms with van der Waals surface area (Å²) in [5.41, 5.74) is 3.13. The van der Waals surface area contributed by atoms with E-state index in [1.54, 1.807) is 45.9 Å². The van der Waals surface area contributed by atoms with Crippen molar-refractivity contribution < 1.29 is 10.2 Å². The van der Waals surface area contributed by atoms with Crippen LogP contribution in [0.1, 0.15) is 49.9 Å². The van der Waals surface area contributed by atoms with Gasteiger partial charge in [0.25, 0.3) is 0 Å². The summed E-state index contributed by atoms with van der Waals surface area (Å²) in [6.07, 6.45) is 1.000. The monoisotopic (exact) mass is 488 g/mol. The Morgan fingerprint density at radius 2 is 1.27 bits per heavy atom. The van der Waals surface area contributed by atoms with Crippen LogP contribution in [0.2, 0.25) is 0 Å². The van der Waals surface area contributed by atoms with Crippen LogP contribution >= 0.6 is 0 Å². The van der Waals surface area contributed by atoms with Gasteiger partial charge in [-0.15, -0.1) is 0 Å². The van der Waals surface area contributed by atoms with Gasteiger partial charge in [-0.2, -0.15) is 10.5 Å². The Balaban J connectivity index is 1.86. The number of rotatable bonds is 5. The molecule has 0 unspecified atom stereocenters. The van der Waals surface area contributed by atoms with Gasteiger partial charge >= 0.3 is 0 Å².